The SMILES string of the molecule is Cc1cccc(C(=O)NC(=S)Nc2ccc(C(=O)O)cc2C)c1. The van der Waals surface area contributed by atoms with Gasteiger partial charge >= 0.3 is 5.97 Å². The molecule has 5 nitrogen and oxygen atoms in total. The number of amides is 1. The molecule has 0 saturated heterocycles. The van der Waals surface area contributed by atoms with Crippen molar-refractivity contribution < 1.29 is 14.7 Å². The molecule has 6 heteroatoms. The number of rotatable bonds is 3. The fourth-order valence-corrected chi connectivity index (χ4v) is 2.25. The van der Waals surface area contributed by atoms with Crippen LogP contribution in [0.1, 0.15) is 31.8 Å². The molecule has 23 heavy (non-hydrogen) atoms. The Hall–Kier alpha value is -2.73. The number of hydrogen-bond donors (Lipinski definition) is 3. The first kappa shape index (κ1) is 16.6. The van der Waals surface area contributed by atoms with Crippen LogP contribution in [0, 0.1) is 13.8 Å². The summed E-state index contributed by atoms with van der Waals surface area (Å²) in [6.07, 6.45) is 0. The second-order valence-corrected chi connectivity index (χ2v) is 5.52. The molecule has 0 aliphatic carbocycles. The number of benzene rings is 2. The fraction of sp³-hybridized carbons (Fsp3) is 0.118. The highest BCUT2D eigenvalue weighted by Gasteiger charge is 2.10. The van der Waals surface area contributed by atoms with E-state index in [9.17, 15) is 9.59 Å². The highest BCUT2D eigenvalue weighted by atomic mass is 32.1. The zero-order chi connectivity index (χ0) is 17.0. The minimum absolute atomic E-state index is 0.155. The van der Waals surface area contributed by atoms with E-state index in [1.54, 1.807) is 31.2 Å². The summed E-state index contributed by atoms with van der Waals surface area (Å²) < 4.78 is 0. The number of thiocarbonyl (C=S) groups is 1. The predicted octanol–water partition coefficient (Wildman–Crippen LogP) is 3.13. The van der Waals surface area contributed by atoms with Crippen LogP contribution in [0.3, 0.4) is 0 Å². The minimum atomic E-state index is -0.991. The zero-order valence-electron chi connectivity index (χ0n) is 12.7. The summed E-state index contributed by atoms with van der Waals surface area (Å²) in [7, 11) is 0. The summed E-state index contributed by atoms with van der Waals surface area (Å²) in [5.74, 6) is -1.29. The van der Waals surface area contributed by atoms with Crippen molar-refractivity contribution in [2.45, 2.75) is 13.8 Å². The second-order valence-electron chi connectivity index (χ2n) is 5.11. The van der Waals surface area contributed by atoms with Gasteiger partial charge in [-0.2, -0.15) is 0 Å². The molecular weight excluding hydrogens is 312 g/mol. The lowest BCUT2D eigenvalue weighted by Gasteiger charge is -2.12. The molecule has 0 atom stereocenters. The maximum absolute atomic E-state index is 12.1. The largest absolute Gasteiger partial charge is 0.478 e. The van der Waals surface area contributed by atoms with E-state index in [-0.39, 0.29) is 16.6 Å². The number of aromatic carboxylic acids is 1. The molecule has 2 aromatic carbocycles. The van der Waals surface area contributed by atoms with Crippen LogP contribution < -0.4 is 10.6 Å². The Labute approximate surface area is 139 Å². The topological polar surface area (TPSA) is 78.4 Å². The van der Waals surface area contributed by atoms with Gasteiger partial charge in [0, 0.05) is 11.3 Å². The van der Waals surface area contributed by atoms with Crippen LogP contribution in [-0.2, 0) is 0 Å². The van der Waals surface area contributed by atoms with Crippen LogP contribution in [0.15, 0.2) is 42.5 Å². The standard InChI is InChI=1S/C17H16N2O3S/c1-10-4-3-5-12(8-10)15(20)19-17(23)18-14-7-6-13(16(21)22)9-11(14)2/h3-9H,1-2H3,(H,21,22)(H2,18,19,20,23). The van der Waals surface area contributed by atoms with Crippen molar-refractivity contribution in [2.24, 2.45) is 0 Å². The number of nitrogens with one attached hydrogen (secondary N) is 2. The highest BCUT2D eigenvalue weighted by Crippen LogP contribution is 2.16. The van der Waals surface area contributed by atoms with E-state index in [0.29, 0.717) is 11.3 Å². The van der Waals surface area contributed by atoms with Crippen LogP contribution in [0.5, 0.6) is 0 Å². The molecule has 0 aliphatic rings. The van der Waals surface area contributed by atoms with Crippen molar-refractivity contribution in [3.63, 3.8) is 0 Å². The Balaban J connectivity index is 2.05. The maximum Gasteiger partial charge on any atom is 0.335 e. The van der Waals surface area contributed by atoms with Gasteiger partial charge < -0.3 is 10.4 Å². The van der Waals surface area contributed by atoms with E-state index in [2.05, 4.69) is 10.6 Å². The molecular formula is C17H16N2O3S. The third-order valence-electron chi connectivity index (χ3n) is 3.23. The fourth-order valence-electron chi connectivity index (χ4n) is 2.05. The van der Waals surface area contributed by atoms with Gasteiger partial charge in [0.15, 0.2) is 5.11 Å². The summed E-state index contributed by atoms with van der Waals surface area (Å²) in [4.78, 5) is 23.0. The smallest absolute Gasteiger partial charge is 0.335 e. The maximum atomic E-state index is 12.1. The first-order chi connectivity index (χ1) is 10.9. The van der Waals surface area contributed by atoms with E-state index < -0.39 is 5.97 Å². The van der Waals surface area contributed by atoms with E-state index in [1.807, 2.05) is 13.0 Å². The molecule has 1 amide bonds. The molecule has 0 aromatic heterocycles. The van der Waals surface area contributed by atoms with Crippen LogP contribution in [0.2, 0.25) is 0 Å². The van der Waals surface area contributed by atoms with Crippen LogP contribution in [0.25, 0.3) is 0 Å². The van der Waals surface area contributed by atoms with Crippen LogP contribution in [0.4, 0.5) is 5.69 Å². The minimum Gasteiger partial charge on any atom is -0.478 e. The molecule has 0 saturated carbocycles. The first-order valence-electron chi connectivity index (χ1n) is 6.90. The Morgan fingerprint density at radius 3 is 2.39 bits per heavy atom. The van der Waals surface area contributed by atoms with Gasteiger partial charge in [0.25, 0.3) is 5.91 Å². The quantitative estimate of drug-likeness (QED) is 0.755. The van der Waals surface area contributed by atoms with Gasteiger partial charge in [-0.3, -0.25) is 10.1 Å². The Bertz CT molecular complexity index is 787. The number of carboxylic acids is 1. The second kappa shape index (κ2) is 7.02. The normalized spacial score (nSPS) is 10.0. The molecule has 0 bridgehead atoms. The van der Waals surface area contributed by atoms with Gasteiger partial charge in [0.05, 0.1) is 5.56 Å². The number of carboxylic acid groups (broad SMARTS) is 1. The molecule has 0 heterocycles. The molecule has 0 unspecified atom stereocenters. The van der Waals surface area contributed by atoms with Crippen LogP contribution >= 0.6 is 12.2 Å². The van der Waals surface area contributed by atoms with E-state index >= 15 is 0 Å². The van der Waals surface area contributed by atoms with Crippen molar-refractivity contribution in [2.75, 3.05) is 5.32 Å². The molecule has 3 N–H and O–H groups in total. The average Bonchev–Trinajstić information content (AvgIpc) is 2.49. The molecule has 2 aromatic rings. The molecule has 0 aliphatic heterocycles. The number of anilines is 1. The lowest BCUT2D eigenvalue weighted by Crippen LogP contribution is -2.34. The highest BCUT2D eigenvalue weighted by molar-refractivity contribution is 7.80. The van der Waals surface area contributed by atoms with E-state index in [0.717, 1.165) is 11.1 Å². The number of hydrogen-bond acceptors (Lipinski definition) is 3. The summed E-state index contributed by atoms with van der Waals surface area (Å²) in [6.45, 7) is 3.67. The van der Waals surface area contributed by atoms with Gasteiger partial charge in [0.1, 0.15) is 0 Å². The third kappa shape index (κ3) is 4.37. The van der Waals surface area contributed by atoms with Gasteiger partial charge in [-0.05, 0) is 62.0 Å². The zero-order valence-corrected chi connectivity index (χ0v) is 13.5. The molecule has 118 valence electrons. The lowest BCUT2D eigenvalue weighted by atomic mass is 10.1. The third-order valence-corrected chi connectivity index (χ3v) is 3.43. The number of aryl methyl sites for hydroxylation is 2. The number of carbonyl (C=O) groups excluding carboxylic acids is 1. The molecule has 0 radical (unpaired) electrons. The van der Waals surface area contributed by atoms with Gasteiger partial charge in [-0.1, -0.05) is 17.7 Å². The van der Waals surface area contributed by atoms with Crippen molar-refractivity contribution in [3.05, 3.63) is 64.7 Å². The molecule has 0 fully saturated rings. The van der Waals surface area contributed by atoms with Gasteiger partial charge in [-0.25, -0.2) is 4.79 Å². The average molecular weight is 328 g/mol. The van der Waals surface area contributed by atoms with E-state index in [4.69, 9.17) is 17.3 Å². The van der Waals surface area contributed by atoms with Crippen molar-refractivity contribution >= 4 is 34.9 Å². The van der Waals surface area contributed by atoms with Gasteiger partial charge in [-0.15, -0.1) is 0 Å². The van der Waals surface area contributed by atoms with E-state index in [1.165, 1.54) is 12.1 Å². The summed E-state index contributed by atoms with van der Waals surface area (Å²) in [5, 5.41) is 14.6. The Kier molecular flexibility index (Phi) is 5.08. The monoisotopic (exact) mass is 328 g/mol. The number of carbonyl (C=O) groups is 2. The Morgan fingerprint density at radius 1 is 1.04 bits per heavy atom. The van der Waals surface area contributed by atoms with Crippen molar-refractivity contribution in [1.29, 1.82) is 0 Å². The first-order valence-corrected chi connectivity index (χ1v) is 7.30. The molecule has 2 rings (SSSR count). The lowest BCUT2D eigenvalue weighted by molar-refractivity contribution is 0.0696. The Morgan fingerprint density at radius 2 is 1.78 bits per heavy atom. The van der Waals surface area contributed by atoms with Crippen LogP contribution in [-0.4, -0.2) is 22.1 Å². The summed E-state index contributed by atoms with van der Waals surface area (Å²) >= 11 is 5.13. The molecule has 0 spiro atoms. The van der Waals surface area contributed by atoms with Crippen molar-refractivity contribution in [3.8, 4) is 0 Å². The van der Waals surface area contributed by atoms with Gasteiger partial charge in [0.2, 0.25) is 0 Å². The summed E-state index contributed by atoms with van der Waals surface area (Å²) in [5.41, 5.74) is 3.06. The predicted molar refractivity (Wildman–Crippen MR) is 93.0 cm³/mol. The summed E-state index contributed by atoms with van der Waals surface area (Å²) in [6, 6.07) is 11.8. The van der Waals surface area contributed by atoms with Crippen molar-refractivity contribution in [1.82, 2.24) is 5.32 Å².